The van der Waals surface area contributed by atoms with Gasteiger partial charge in [0.25, 0.3) is 0 Å². The number of aliphatic hydroxyl groups excluding tert-OH is 1. The first kappa shape index (κ1) is 19.0. The van der Waals surface area contributed by atoms with Gasteiger partial charge in [0.05, 0.1) is 12.8 Å². The molecule has 0 unspecified atom stereocenters. The third kappa shape index (κ3) is 5.14. The zero-order chi connectivity index (χ0) is 18.9. The molecular formula is C21H28N4O2. The molecule has 1 heterocycles. The molecule has 0 bridgehead atoms. The van der Waals surface area contributed by atoms with Crippen LogP contribution in [0.4, 0.5) is 11.4 Å². The minimum absolute atomic E-state index is 0.156. The maximum Gasteiger partial charge on any atom is 0.198 e. The van der Waals surface area contributed by atoms with Crippen LogP contribution in [0, 0.1) is 0 Å². The van der Waals surface area contributed by atoms with Crippen molar-refractivity contribution in [1.82, 2.24) is 4.90 Å². The van der Waals surface area contributed by atoms with Crippen LogP contribution >= 0.6 is 0 Å². The number of rotatable bonds is 6. The van der Waals surface area contributed by atoms with Crippen molar-refractivity contribution in [3.05, 3.63) is 54.6 Å². The summed E-state index contributed by atoms with van der Waals surface area (Å²) in [5.74, 6) is 1.78. The molecule has 27 heavy (non-hydrogen) atoms. The van der Waals surface area contributed by atoms with E-state index < -0.39 is 0 Å². The minimum Gasteiger partial charge on any atom is -0.495 e. The largest absolute Gasteiger partial charge is 0.495 e. The highest BCUT2D eigenvalue weighted by molar-refractivity contribution is 5.93. The van der Waals surface area contributed by atoms with Crippen molar-refractivity contribution in [2.24, 2.45) is 4.99 Å². The summed E-state index contributed by atoms with van der Waals surface area (Å²) in [5, 5.41) is 12.5. The van der Waals surface area contributed by atoms with Crippen LogP contribution in [0.3, 0.4) is 0 Å². The van der Waals surface area contributed by atoms with Crippen molar-refractivity contribution >= 4 is 17.3 Å². The number of piperazine rings is 1. The van der Waals surface area contributed by atoms with Crippen molar-refractivity contribution in [2.45, 2.75) is 6.42 Å². The lowest BCUT2D eigenvalue weighted by Gasteiger charge is -2.38. The molecule has 1 fully saturated rings. The summed E-state index contributed by atoms with van der Waals surface area (Å²) in [5.41, 5.74) is 2.15. The van der Waals surface area contributed by atoms with E-state index in [9.17, 15) is 0 Å². The number of guanidine groups is 1. The van der Waals surface area contributed by atoms with E-state index in [2.05, 4.69) is 21.2 Å². The monoisotopic (exact) mass is 368 g/mol. The summed E-state index contributed by atoms with van der Waals surface area (Å²) in [7, 11) is 1.71. The molecule has 1 aliphatic heterocycles. The Bertz CT molecular complexity index is 728. The van der Waals surface area contributed by atoms with Crippen molar-refractivity contribution < 1.29 is 9.84 Å². The Morgan fingerprint density at radius 2 is 1.74 bits per heavy atom. The fourth-order valence-corrected chi connectivity index (χ4v) is 3.18. The first-order valence-corrected chi connectivity index (χ1v) is 9.42. The van der Waals surface area contributed by atoms with E-state index in [4.69, 9.17) is 14.8 Å². The third-order valence-corrected chi connectivity index (χ3v) is 4.61. The van der Waals surface area contributed by atoms with Gasteiger partial charge in [0, 0.05) is 45.0 Å². The van der Waals surface area contributed by atoms with Crippen LogP contribution in [-0.2, 0) is 0 Å². The van der Waals surface area contributed by atoms with E-state index in [1.54, 1.807) is 7.11 Å². The highest BCUT2D eigenvalue weighted by Crippen LogP contribution is 2.28. The number of nitrogens with one attached hydrogen (secondary N) is 1. The maximum atomic E-state index is 9.07. The molecule has 144 valence electrons. The first-order valence-electron chi connectivity index (χ1n) is 9.42. The zero-order valence-electron chi connectivity index (χ0n) is 15.8. The summed E-state index contributed by atoms with van der Waals surface area (Å²) < 4.78 is 5.50. The van der Waals surface area contributed by atoms with E-state index in [-0.39, 0.29) is 6.61 Å². The molecule has 2 aromatic rings. The average molecular weight is 368 g/mol. The maximum absolute atomic E-state index is 9.07. The Morgan fingerprint density at radius 1 is 1.04 bits per heavy atom. The molecule has 0 aliphatic carbocycles. The fraction of sp³-hybridized carbons (Fsp3) is 0.381. The smallest absolute Gasteiger partial charge is 0.198 e. The Balaban J connectivity index is 1.67. The van der Waals surface area contributed by atoms with Crippen LogP contribution in [0.25, 0.3) is 0 Å². The van der Waals surface area contributed by atoms with Gasteiger partial charge in [-0.15, -0.1) is 0 Å². The standard InChI is InChI=1S/C21H28N4O2/c1-27-20-11-6-5-10-19(20)24-13-15-25(16-14-24)21(22-12-7-17-26)23-18-8-3-2-4-9-18/h2-6,8-11,26H,7,12-17H2,1H3,(H,22,23). The topological polar surface area (TPSA) is 60.3 Å². The number of anilines is 2. The van der Waals surface area contributed by atoms with Crippen LogP contribution in [0.5, 0.6) is 5.75 Å². The summed E-state index contributed by atoms with van der Waals surface area (Å²) in [6.07, 6.45) is 0.668. The van der Waals surface area contributed by atoms with Crippen LogP contribution < -0.4 is 15.0 Å². The molecule has 0 amide bonds. The highest BCUT2D eigenvalue weighted by atomic mass is 16.5. The van der Waals surface area contributed by atoms with Crippen LogP contribution in [0.15, 0.2) is 59.6 Å². The van der Waals surface area contributed by atoms with Crippen LogP contribution in [0.2, 0.25) is 0 Å². The van der Waals surface area contributed by atoms with Gasteiger partial charge in [0.1, 0.15) is 5.75 Å². The molecule has 6 nitrogen and oxygen atoms in total. The predicted octanol–water partition coefficient (Wildman–Crippen LogP) is 2.67. The van der Waals surface area contributed by atoms with E-state index in [1.165, 1.54) is 0 Å². The summed E-state index contributed by atoms with van der Waals surface area (Å²) in [6.45, 7) is 4.31. The van der Waals surface area contributed by atoms with Gasteiger partial charge in [-0.3, -0.25) is 4.99 Å². The summed E-state index contributed by atoms with van der Waals surface area (Å²) in [4.78, 5) is 9.32. The first-order chi connectivity index (χ1) is 13.3. The summed E-state index contributed by atoms with van der Waals surface area (Å²) in [6, 6.07) is 18.2. The number of para-hydroxylation sites is 3. The van der Waals surface area contributed by atoms with Crippen molar-refractivity contribution in [2.75, 3.05) is 56.7 Å². The van der Waals surface area contributed by atoms with Crippen molar-refractivity contribution in [3.8, 4) is 5.75 Å². The summed E-state index contributed by atoms with van der Waals surface area (Å²) >= 11 is 0. The van der Waals surface area contributed by atoms with Gasteiger partial charge in [-0.2, -0.15) is 0 Å². The van der Waals surface area contributed by atoms with Crippen LogP contribution in [-0.4, -0.2) is 62.4 Å². The van der Waals surface area contributed by atoms with Gasteiger partial charge >= 0.3 is 0 Å². The average Bonchev–Trinajstić information content (AvgIpc) is 2.74. The van der Waals surface area contributed by atoms with E-state index in [1.807, 2.05) is 48.5 Å². The number of aliphatic hydroxyl groups is 1. The molecule has 0 saturated carbocycles. The van der Waals surface area contributed by atoms with Gasteiger partial charge in [0.15, 0.2) is 5.96 Å². The number of aliphatic imine (C=N–C) groups is 1. The van der Waals surface area contributed by atoms with E-state index >= 15 is 0 Å². The third-order valence-electron chi connectivity index (χ3n) is 4.61. The fourth-order valence-electron chi connectivity index (χ4n) is 3.18. The molecule has 0 radical (unpaired) electrons. The molecule has 2 N–H and O–H groups in total. The van der Waals surface area contributed by atoms with Gasteiger partial charge in [-0.25, -0.2) is 0 Å². The molecule has 2 aromatic carbocycles. The highest BCUT2D eigenvalue weighted by Gasteiger charge is 2.22. The number of hydrogen-bond acceptors (Lipinski definition) is 4. The molecule has 6 heteroatoms. The van der Waals surface area contributed by atoms with Crippen molar-refractivity contribution in [1.29, 1.82) is 0 Å². The van der Waals surface area contributed by atoms with E-state index in [0.717, 1.165) is 49.3 Å². The number of benzene rings is 2. The normalized spacial score (nSPS) is 15.0. The second-order valence-corrected chi connectivity index (χ2v) is 6.42. The number of nitrogens with zero attached hydrogens (tertiary/aromatic N) is 3. The molecule has 1 saturated heterocycles. The van der Waals surface area contributed by atoms with Gasteiger partial charge in [-0.05, 0) is 30.7 Å². The quantitative estimate of drug-likeness (QED) is 0.466. The van der Waals surface area contributed by atoms with Crippen LogP contribution in [0.1, 0.15) is 6.42 Å². The Morgan fingerprint density at radius 3 is 2.44 bits per heavy atom. The number of methoxy groups -OCH3 is 1. The second kappa shape index (κ2) is 9.83. The van der Waals surface area contributed by atoms with Gasteiger partial charge in [-0.1, -0.05) is 30.3 Å². The lowest BCUT2D eigenvalue weighted by atomic mass is 10.2. The Kier molecular flexibility index (Phi) is 6.93. The molecule has 0 spiro atoms. The lowest BCUT2D eigenvalue weighted by Crippen LogP contribution is -2.50. The molecule has 0 aromatic heterocycles. The van der Waals surface area contributed by atoms with Crippen molar-refractivity contribution in [3.63, 3.8) is 0 Å². The van der Waals surface area contributed by atoms with Gasteiger partial charge in [0.2, 0.25) is 0 Å². The predicted molar refractivity (Wildman–Crippen MR) is 111 cm³/mol. The minimum atomic E-state index is 0.156. The molecule has 0 atom stereocenters. The Hall–Kier alpha value is -2.73. The molecular weight excluding hydrogens is 340 g/mol. The lowest BCUT2D eigenvalue weighted by molar-refractivity contribution is 0.290. The molecule has 1 aliphatic rings. The molecule has 3 rings (SSSR count). The second-order valence-electron chi connectivity index (χ2n) is 6.42. The Labute approximate surface area is 161 Å². The van der Waals surface area contributed by atoms with E-state index in [0.29, 0.717) is 13.0 Å². The zero-order valence-corrected chi connectivity index (χ0v) is 15.8. The SMILES string of the molecule is COc1ccccc1N1CCN(C(=NCCCO)Nc2ccccc2)CC1. The number of hydrogen-bond donors (Lipinski definition) is 2. The van der Waals surface area contributed by atoms with Gasteiger partial charge < -0.3 is 25.0 Å². The number of ether oxygens (including phenoxy) is 1.